The summed E-state index contributed by atoms with van der Waals surface area (Å²) < 4.78 is 0. The minimum absolute atomic E-state index is 0.0975. The maximum absolute atomic E-state index is 11.6. The first-order valence-corrected chi connectivity index (χ1v) is 6.35. The van der Waals surface area contributed by atoms with Gasteiger partial charge in [-0.2, -0.15) is 0 Å². The van der Waals surface area contributed by atoms with Crippen LogP contribution >= 0.6 is 0 Å². The molecule has 0 saturated carbocycles. The Morgan fingerprint density at radius 2 is 2.11 bits per heavy atom. The van der Waals surface area contributed by atoms with E-state index >= 15 is 0 Å². The molecule has 1 aromatic rings. The SMILES string of the molecule is O=C(Cc1ccc2c(c1)CCC2)NCC(O)CO. The zero-order chi connectivity index (χ0) is 13.0. The third-order valence-corrected chi connectivity index (χ3v) is 3.27. The summed E-state index contributed by atoms with van der Waals surface area (Å²) >= 11 is 0. The fraction of sp³-hybridized carbons (Fsp3) is 0.500. The summed E-state index contributed by atoms with van der Waals surface area (Å²) in [5, 5.41) is 20.4. The fourth-order valence-electron chi connectivity index (χ4n) is 2.28. The molecule has 0 aromatic heterocycles. The Kier molecular flexibility index (Phi) is 4.33. The van der Waals surface area contributed by atoms with Gasteiger partial charge in [-0.25, -0.2) is 0 Å². The largest absolute Gasteiger partial charge is 0.394 e. The highest BCUT2D eigenvalue weighted by Gasteiger charge is 2.12. The van der Waals surface area contributed by atoms with Crippen LogP contribution < -0.4 is 5.32 Å². The van der Waals surface area contributed by atoms with Crippen LogP contribution in [0.5, 0.6) is 0 Å². The van der Waals surface area contributed by atoms with Crippen LogP contribution in [-0.4, -0.2) is 35.4 Å². The van der Waals surface area contributed by atoms with Crippen molar-refractivity contribution in [2.24, 2.45) is 0 Å². The zero-order valence-corrected chi connectivity index (χ0v) is 10.4. The molecular formula is C14H19NO3. The van der Waals surface area contributed by atoms with Gasteiger partial charge in [0.15, 0.2) is 0 Å². The number of rotatable bonds is 5. The van der Waals surface area contributed by atoms with Crippen molar-refractivity contribution < 1.29 is 15.0 Å². The minimum Gasteiger partial charge on any atom is -0.394 e. The molecule has 0 heterocycles. The Morgan fingerprint density at radius 1 is 1.33 bits per heavy atom. The summed E-state index contributed by atoms with van der Waals surface area (Å²) in [4.78, 5) is 11.6. The summed E-state index contributed by atoms with van der Waals surface area (Å²) in [5.41, 5.74) is 3.76. The van der Waals surface area contributed by atoms with E-state index in [1.165, 1.54) is 17.5 Å². The predicted molar refractivity (Wildman–Crippen MR) is 68.3 cm³/mol. The second-order valence-corrected chi connectivity index (χ2v) is 4.77. The number of nitrogens with one attached hydrogen (secondary N) is 1. The highest BCUT2D eigenvalue weighted by molar-refractivity contribution is 5.78. The molecule has 3 N–H and O–H groups in total. The Labute approximate surface area is 107 Å². The van der Waals surface area contributed by atoms with E-state index in [9.17, 15) is 4.79 Å². The first kappa shape index (κ1) is 13.1. The molecule has 0 aliphatic heterocycles. The lowest BCUT2D eigenvalue weighted by molar-refractivity contribution is -0.121. The molecule has 2 rings (SSSR count). The maximum Gasteiger partial charge on any atom is 0.224 e. The topological polar surface area (TPSA) is 69.6 Å². The Hall–Kier alpha value is -1.39. The van der Waals surface area contributed by atoms with Crippen LogP contribution in [0, 0.1) is 0 Å². The van der Waals surface area contributed by atoms with Crippen molar-refractivity contribution in [2.45, 2.75) is 31.8 Å². The average Bonchev–Trinajstić information content (AvgIpc) is 2.83. The van der Waals surface area contributed by atoms with Crippen LogP contribution in [0.25, 0.3) is 0 Å². The van der Waals surface area contributed by atoms with Crippen LogP contribution in [0.2, 0.25) is 0 Å². The van der Waals surface area contributed by atoms with Gasteiger partial charge >= 0.3 is 0 Å². The smallest absolute Gasteiger partial charge is 0.224 e. The van der Waals surface area contributed by atoms with Crippen LogP contribution in [0.3, 0.4) is 0 Å². The minimum atomic E-state index is -0.881. The van der Waals surface area contributed by atoms with E-state index in [4.69, 9.17) is 10.2 Å². The summed E-state index contributed by atoms with van der Waals surface area (Å²) in [6.07, 6.45) is 2.89. The van der Waals surface area contributed by atoms with Gasteiger partial charge in [0.25, 0.3) is 0 Å². The van der Waals surface area contributed by atoms with Gasteiger partial charge in [0.1, 0.15) is 0 Å². The van der Waals surface area contributed by atoms with Crippen molar-refractivity contribution in [1.82, 2.24) is 5.32 Å². The first-order chi connectivity index (χ1) is 8.69. The van der Waals surface area contributed by atoms with E-state index < -0.39 is 6.10 Å². The molecule has 0 saturated heterocycles. The van der Waals surface area contributed by atoms with E-state index in [2.05, 4.69) is 17.4 Å². The highest BCUT2D eigenvalue weighted by Crippen LogP contribution is 2.22. The second kappa shape index (κ2) is 5.98. The number of amides is 1. The molecule has 0 fully saturated rings. The standard InChI is InChI=1S/C14H19NO3/c16-9-13(17)8-15-14(18)7-10-4-5-11-2-1-3-12(11)6-10/h4-6,13,16-17H,1-3,7-9H2,(H,15,18). The summed E-state index contributed by atoms with van der Waals surface area (Å²) in [6.45, 7) is -0.237. The summed E-state index contributed by atoms with van der Waals surface area (Å²) in [7, 11) is 0. The first-order valence-electron chi connectivity index (χ1n) is 6.35. The number of carbonyl (C=O) groups excluding carboxylic acids is 1. The number of carbonyl (C=O) groups is 1. The molecule has 0 bridgehead atoms. The van der Waals surface area contributed by atoms with Gasteiger partial charge in [-0.3, -0.25) is 4.79 Å². The van der Waals surface area contributed by atoms with Gasteiger partial charge in [0.05, 0.1) is 19.1 Å². The molecule has 0 spiro atoms. The van der Waals surface area contributed by atoms with Gasteiger partial charge in [0, 0.05) is 6.54 Å². The van der Waals surface area contributed by atoms with Crippen LogP contribution in [0.4, 0.5) is 0 Å². The fourth-order valence-corrected chi connectivity index (χ4v) is 2.28. The number of benzene rings is 1. The Balaban J connectivity index is 1.87. The normalized spacial score (nSPS) is 15.2. The molecule has 1 aromatic carbocycles. The maximum atomic E-state index is 11.6. The second-order valence-electron chi connectivity index (χ2n) is 4.77. The monoisotopic (exact) mass is 249 g/mol. The Morgan fingerprint density at radius 3 is 2.89 bits per heavy atom. The zero-order valence-electron chi connectivity index (χ0n) is 10.4. The van der Waals surface area contributed by atoms with Crippen molar-refractivity contribution in [3.63, 3.8) is 0 Å². The molecule has 1 unspecified atom stereocenters. The lowest BCUT2D eigenvalue weighted by atomic mass is 10.0. The van der Waals surface area contributed by atoms with Crippen molar-refractivity contribution in [2.75, 3.05) is 13.2 Å². The summed E-state index contributed by atoms with van der Waals surface area (Å²) in [6, 6.07) is 6.20. The third-order valence-electron chi connectivity index (χ3n) is 3.27. The van der Waals surface area contributed by atoms with Gasteiger partial charge in [-0.15, -0.1) is 0 Å². The summed E-state index contributed by atoms with van der Waals surface area (Å²) in [5.74, 6) is -0.125. The van der Waals surface area contributed by atoms with Crippen molar-refractivity contribution >= 4 is 5.91 Å². The van der Waals surface area contributed by atoms with Crippen LogP contribution in [0.15, 0.2) is 18.2 Å². The van der Waals surface area contributed by atoms with E-state index in [1.807, 2.05) is 6.07 Å². The molecule has 0 radical (unpaired) electrons. The van der Waals surface area contributed by atoms with Crippen LogP contribution in [0.1, 0.15) is 23.1 Å². The van der Waals surface area contributed by atoms with Gasteiger partial charge in [0.2, 0.25) is 5.91 Å². The molecule has 4 heteroatoms. The molecule has 98 valence electrons. The molecule has 18 heavy (non-hydrogen) atoms. The quantitative estimate of drug-likeness (QED) is 0.697. The van der Waals surface area contributed by atoms with Crippen molar-refractivity contribution in [3.8, 4) is 0 Å². The molecule has 1 amide bonds. The molecule has 4 nitrogen and oxygen atoms in total. The van der Waals surface area contributed by atoms with Crippen molar-refractivity contribution in [3.05, 3.63) is 34.9 Å². The third kappa shape index (κ3) is 3.31. The van der Waals surface area contributed by atoms with Gasteiger partial charge in [-0.05, 0) is 36.0 Å². The van der Waals surface area contributed by atoms with Gasteiger partial charge < -0.3 is 15.5 Å². The van der Waals surface area contributed by atoms with E-state index in [-0.39, 0.29) is 19.1 Å². The number of hydrogen-bond acceptors (Lipinski definition) is 3. The number of fused-ring (bicyclic) bond motifs is 1. The number of aryl methyl sites for hydroxylation is 2. The molecule has 1 atom stereocenters. The van der Waals surface area contributed by atoms with E-state index in [1.54, 1.807) is 0 Å². The Bertz CT molecular complexity index is 431. The lowest BCUT2D eigenvalue weighted by Crippen LogP contribution is -2.34. The number of aliphatic hydroxyl groups excluding tert-OH is 2. The van der Waals surface area contributed by atoms with Crippen LogP contribution in [-0.2, 0) is 24.1 Å². The molecule has 1 aliphatic rings. The highest BCUT2D eigenvalue weighted by atomic mass is 16.3. The van der Waals surface area contributed by atoms with E-state index in [0.717, 1.165) is 18.4 Å². The lowest BCUT2D eigenvalue weighted by Gasteiger charge is -2.09. The molecular weight excluding hydrogens is 230 g/mol. The van der Waals surface area contributed by atoms with E-state index in [0.29, 0.717) is 6.42 Å². The number of hydrogen-bond donors (Lipinski definition) is 3. The number of aliphatic hydroxyl groups is 2. The van der Waals surface area contributed by atoms with Gasteiger partial charge in [-0.1, -0.05) is 18.2 Å². The predicted octanol–water partition coefficient (Wildman–Crippen LogP) is 0.187. The molecule has 1 aliphatic carbocycles. The average molecular weight is 249 g/mol. The van der Waals surface area contributed by atoms with Crippen molar-refractivity contribution in [1.29, 1.82) is 0 Å².